The quantitative estimate of drug-likeness (QED) is 0.903. The molecule has 2 rings (SSSR count). The summed E-state index contributed by atoms with van der Waals surface area (Å²) >= 11 is 0. The van der Waals surface area contributed by atoms with Crippen molar-refractivity contribution in [3.05, 3.63) is 23.8 Å². The minimum Gasteiger partial charge on any atom is -0.497 e. The summed E-state index contributed by atoms with van der Waals surface area (Å²) in [6.45, 7) is 2.84. The van der Waals surface area contributed by atoms with Gasteiger partial charge >= 0.3 is 0 Å². The Balaban J connectivity index is 1.96. The number of benzene rings is 1. The second kappa shape index (κ2) is 7.49. The number of likely N-dealkylation sites (tertiary alicyclic amines) is 1. The first kappa shape index (κ1) is 16.6. The molecule has 0 radical (unpaired) electrons. The van der Waals surface area contributed by atoms with Crippen molar-refractivity contribution in [2.45, 2.75) is 44.7 Å². The first-order valence-electron chi connectivity index (χ1n) is 7.80. The Bertz CT molecular complexity index is 496. The number of amides is 1. The maximum absolute atomic E-state index is 12.4. The van der Waals surface area contributed by atoms with Crippen LogP contribution >= 0.6 is 0 Å². The molecule has 0 bridgehead atoms. The normalized spacial score (nSPS) is 21.5. The molecule has 1 saturated heterocycles. The number of nitrogens with zero attached hydrogens (tertiary/aromatic N) is 1. The fraction of sp³-hybridized carbons (Fsp3) is 0.588. The van der Waals surface area contributed by atoms with E-state index in [1.54, 1.807) is 14.2 Å². The Morgan fingerprint density at radius 3 is 2.45 bits per heavy atom. The lowest BCUT2D eigenvalue weighted by Crippen LogP contribution is -2.48. The van der Waals surface area contributed by atoms with Gasteiger partial charge in [-0.2, -0.15) is 0 Å². The Labute approximate surface area is 132 Å². The van der Waals surface area contributed by atoms with Gasteiger partial charge in [-0.05, 0) is 43.9 Å². The van der Waals surface area contributed by atoms with Crippen LogP contribution in [0.4, 0.5) is 0 Å². The van der Waals surface area contributed by atoms with Gasteiger partial charge in [0.1, 0.15) is 11.5 Å². The summed E-state index contributed by atoms with van der Waals surface area (Å²) in [6.07, 6.45) is 2.96. The van der Waals surface area contributed by atoms with E-state index in [1.807, 2.05) is 23.1 Å². The highest BCUT2D eigenvalue weighted by Crippen LogP contribution is 2.24. The van der Waals surface area contributed by atoms with E-state index in [1.165, 1.54) is 0 Å². The number of piperidine rings is 1. The van der Waals surface area contributed by atoms with E-state index in [4.69, 9.17) is 15.2 Å². The van der Waals surface area contributed by atoms with Gasteiger partial charge in [0.2, 0.25) is 5.91 Å². The van der Waals surface area contributed by atoms with Gasteiger partial charge < -0.3 is 20.1 Å². The van der Waals surface area contributed by atoms with E-state index in [-0.39, 0.29) is 18.0 Å². The molecular weight excluding hydrogens is 280 g/mol. The topological polar surface area (TPSA) is 64.8 Å². The van der Waals surface area contributed by atoms with Crippen molar-refractivity contribution in [3.63, 3.8) is 0 Å². The molecule has 5 heteroatoms. The van der Waals surface area contributed by atoms with Crippen molar-refractivity contribution in [2.24, 2.45) is 5.73 Å². The monoisotopic (exact) mass is 306 g/mol. The predicted octanol–water partition coefficient (Wildman–Crippen LogP) is 1.97. The molecule has 1 aromatic carbocycles. The Morgan fingerprint density at radius 2 is 1.91 bits per heavy atom. The molecule has 0 saturated carbocycles. The summed E-state index contributed by atoms with van der Waals surface area (Å²) in [4.78, 5) is 14.4. The molecule has 122 valence electrons. The third kappa shape index (κ3) is 4.13. The van der Waals surface area contributed by atoms with Crippen LogP contribution in [-0.4, -0.2) is 43.7 Å². The average molecular weight is 306 g/mol. The third-order valence-corrected chi connectivity index (χ3v) is 4.28. The molecular formula is C17H26N2O3. The summed E-state index contributed by atoms with van der Waals surface area (Å²) < 4.78 is 10.5. The number of aryl methyl sites for hydroxylation is 1. The SMILES string of the molecule is COc1cc(CCC(=O)N2CC[C@@H](N)C[C@H]2C)cc(OC)c1. The first-order chi connectivity index (χ1) is 10.5. The fourth-order valence-corrected chi connectivity index (χ4v) is 2.98. The van der Waals surface area contributed by atoms with Crippen molar-refractivity contribution in [3.8, 4) is 11.5 Å². The molecule has 1 aromatic rings. The van der Waals surface area contributed by atoms with Crippen LogP contribution in [0.15, 0.2) is 18.2 Å². The highest BCUT2D eigenvalue weighted by molar-refractivity contribution is 5.77. The zero-order valence-electron chi connectivity index (χ0n) is 13.7. The van der Waals surface area contributed by atoms with Gasteiger partial charge in [0, 0.05) is 31.1 Å². The second-order valence-electron chi connectivity index (χ2n) is 5.94. The molecule has 0 unspecified atom stereocenters. The number of carbonyl (C=O) groups excluding carboxylic acids is 1. The van der Waals surface area contributed by atoms with E-state index in [9.17, 15) is 4.79 Å². The van der Waals surface area contributed by atoms with Crippen LogP contribution in [-0.2, 0) is 11.2 Å². The molecule has 1 amide bonds. The number of methoxy groups -OCH3 is 2. The van der Waals surface area contributed by atoms with E-state index in [2.05, 4.69) is 6.92 Å². The van der Waals surface area contributed by atoms with Crippen LogP contribution in [0.2, 0.25) is 0 Å². The van der Waals surface area contributed by atoms with Gasteiger partial charge in [0.05, 0.1) is 14.2 Å². The minimum absolute atomic E-state index is 0.196. The maximum Gasteiger partial charge on any atom is 0.223 e. The van der Waals surface area contributed by atoms with Gasteiger partial charge in [0.25, 0.3) is 0 Å². The zero-order valence-corrected chi connectivity index (χ0v) is 13.7. The van der Waals surface area contributed by atoms with Gasteiger partial charge in [-0.3, -0.25) is 4.79 Å². The van der Waals surface area contributed by atoms with Gasteiger partial charge in [0.15, 0.2) is 0 Å². The lowest BCUT2D eigenvalue weighted by molar-refractivity contribution is -0.134. The number of ether oxygens (including phenoxy) is 2. The highest BCUT2D eigenvalue weighted by atomic mass is 16.5. The van der Waals surface area contributed by atoms with Crippen LogP contribution in [0.5, 0.6) is 11.5 Å². The Hall–Kier alpha value is -1.75. The van der Waals surface area contributed by atoms with Crippen molar-refractivity contribution in [1.82, 2.24) is 4.90 Å². The van der Waals surface area contributed by atoms with Crippen LogP contribution < -0.4 is 15.2 Å². The number of hydrogen-bond acceptors (Lipinski definition) is 4. The van der Waals surface area contributed by atoms with Crippen molar-refractivity contribution >= 4 is 5.91 Å². The summed E-state index contributed by atoms with van der Waals surface area (Å²) in [7, 11) is 3.25. The molecule has 2 atom stereocenters. The smallest absolute Gasteiger partial charge is 0.223 e. The van der Waals surface area contributed by atoms with E-state index >= 15 is 0 Å². The van der Waals surface area contributed by atoms with Gasteiger partial charge in [-0.15, -0.1) is 0 Å². The largest absolute Gasteiger partial charge is 0.497 e. The molecule has 1 fully saturated rings. The van der Waals surface area contributed by atoms with Crippen LogP contribution in [0.25, 0.3) is 0 Å². The summed E-state index contributed by atoms with van der Waals surface area (Å²) in [5, 5.41) is 0. The standard InChI is InChI=1S/C17H26N2O3/c1-12-8-14(18)6-7-19(12)17(20)5-4-13-9-15(21-2)11-16(10-13)22-3/h9-12,14H,4-8,18H2,1-3H3/t12-,14-/m1/s1. The average Bonchev–Trinajstić information content (AvgIpc) is 2.52. The molecule has 1 aliphatic heterocycles. The van der Waals surface area contributed by atoms with E-state index < -0.39 is 0 Å². The van der Waals surface area contributed by atoms with Gasteiger partial charge in [-0.25, -0.2) is 0 Å². The lowest BCUT2D eigenvalue weighted by atomic mass is 9.98. The molecule has 0 aromatic heterocycles. The molecule has 5 nitrogen and oxygen atoms in total. The number of hydrogen-bond donors (Lipinski definition) is 1. The Morgan fingerprint density at radius 1 is 1.27 bits per heavy atom. The molecule has 0 aliphatic carbocycles. The van der Waals surface area contributed by atoms with E-state index in [0.717, 1.165) is 36.4 Å². The zero-order chi connectivity index (χ0) is 16.1. The summed E-state index contributed by atoms with van der Waals surface area (Å²) in [6, 6.07) is 6.19. The lowest BCUT2D eigenvalue weighted by Gasteiger charge is -2.36. The third-order valence-electron chi connectivity index (χ3n) is 4.28. The predicted molar refractivity (Wildman–Crippen MR) is 86.3 cm³/mol. The molecule has 2 N–H and O–H groups in total. The summed E-state index contributed by atoms with van der Waals surface area (Å²) in [5.74, 6) is 1.69. The van der Waals surface area contributed by atoms with Gasteiger partial charge in [-0.1, -0.05) is 0 Å². The fourth-order valence-electron chi connectivity index (χ4n) is 2.98. The molecule has 1 aliphatic rings. The molecule has 0 spiro atoms. The van der Waals surface area contributed by atoms with Crippen LogP contribution in [0, 0.1) is 0 Å². The highest BCUT2D eigenvalue weighted by Gasteiger charge is 2.26. The van der Waals surface area contributed by atoms with E-state index in [0.29, 0.717) is 12.8 Å². The maximum atomic E-state index is 12.4. The van der Waals surface area contributed by atoms with Crippen LogP contribution in [0.1, 0.15) is 31.7 Å². The second-order valence-corrected chi connectivity index (χ2v) is 5.94. The number of rotatable bonds is 5. The summed E-state index contributed by atoms with van der Waals surface area (Å²) in [5.41, 5.74) is 7.00. The number of nitrogens with two attached hydrogens (primary N) is 1. The number of carbonyl (C=O) groups is 1. The molecule has 1 heterocycles. The first-order valence-corrected chi connectivity index (χ1v) is 7.80. The van der Waals surface area contributed by atoms with Crippen molar-refractivity contribution in [2.75, 3.05) is 20.8 Å². The van der Waals surface area contributed by atoms with Crippen molar-refractivity contribution < 1.29 is 14.3 Å². The van der Waals surface area contributed by atoms with Crippen molar-refractivity contribution in [1.29, 1.82) is 0 Å². The molecule has 22 heavy (non-hydrogen) atoms. The minimum atomic E-state index is 0.196. The van der Waals surface area contributed by atoms with Crippen LogP contribution in [0.3, 0.4) is 0 Å². The Kier molecular flexibility index (Phi) is 5.66.